The summed E-state index contributed by atoms with van der Waals surface area (Å²) in [6, 6.07) is 1.54. The second kappa shape index (κ2) is 9.49. The van der Waals surface area contributed by atoms with Crippen molar-refractivity contribution in [1.29, 1.82) is 0 Å². The van der Waals surface area contributed by atoms with Crippen molar-refractivity contribution in [2.24, 2.45) is 5.92 Å². The predicted octanol–water partition coefficient (Wildman–Crippen LogP) is 6.88. The maximum atomic E-state index is 15.7. The van der Waals surface area contributed by atoms with Gasteiger partial charge in [-0.2, -0.15) is 22.5 Å². The Kier molecular flexibility index (Phi) is 6.89. The minimum absolute atomic E-state index is 0.0217. The lowest BCUT2D eigenvalue weighted by Gasteiger charge is -2.30. The number of fused-ring (bicyclic) bond motifs is 1. The third-order valence-corrected chi connectivity index (χ3v) is 6.15. The molecular formula is C24H25ClF4N4O3. The van der Waals surface area contributed by atoms with Gasteiger partial charge in [0.25, 0.3) is 5.88 Å². The van der Waals surface area contributed by atoms with E-state index in [4.69, 9.17) is 21.1 Å². The molecule has 1 fully saturated rings. The first-order valence-corrected chi connectivity index (χ1v) is 11.8. The monoisotopic (exact) mass is 528 g/mol. The van der Waals surface area contributed by atoms with E-state index >= 15 is 4.39 Å². The molecule has 0 unspecified atom stereocenters. The first-order valence-electron chi connectivity index (χ1n) is 11.4. The molecular weight excluding hydrogens is 504 g/mol. The second-order valence-electron chi connectivity index (χ2n) is 9.76. The first kappa shape index (κ1) is 26.1. The van der Waals surface area contributed by atoms with E-state index in [1.54, 1.807) is 20.8 Å². The zero-order valence-corrected chi connectivity index (χ0v) is 20.9. The minimum Gasteiger partial charge on any atom is -0.472 e. The SMILES string of the molecule is Cc1nc(OC2CCC(C(F)(F)F)CC2)c(F)c(-c2cn(C(=O)OC(C)(C)C)c3ccnc(Cl)c23)n1. The van der Waals surface area contributed by atoms with Crippen LogP contribution in [0, 0.1) is 18.7 Å². The maximum absolute atomic E-state index is 15.7. The molecule has 0 aromatic carbocycles. The van der Waals surface area contributed by atoms with Crippen molar-refractivity contribution in [3.63, 3.8) is 0 Å². The number of halogens is 5. The lowest BCUT2D eigenvalue weighted by molar-refractivity contribution is -0.185. The molecule has 3 aromatic heterocycles. The van der Waals surface area contributed by atoms with Crippen LogP contribution in [0.5, 0.6) is 5.88 Å². The van der Waals surface area contributed by atoms with Crippen molar-refractivity contribution in [3.8, 4) is 17.1 Å². The molecule has 0 spiro atoms. The van der Waals surface area contributed by atoms with Crippen LogP contribution in [0.15, 0.2) is 18.5 Å². The Morgan fingerprint density at radius 1 is 1.14 bits per heavy atom. The molecule has 0 atom stereocenters. The number of pyridine rings is 1. The molecule has 3 heterocycles. The summed E-state index contributed by atoms with van der Waals surface area (Å²) in [7, 11) is 0. The second-order valence-corrected chi connectivity index (χ2v) is 10.1. The zero-order chi connectivity index (χ0) is 26.4. The molecule has 0 saturated heterocycles. The lowest BCUT2D eigenvalue weighted by Crippen LogP contribution is -2.32. The van der Waals surface area contributed by atoms with E-state index < -0.39 is 35.7 Å². The summed E-state index contributed by atoms with van der Waals surface area (Å²) < 4.78 is 67.0. The third-order valence-electron chi connectivity index (χ3n) is 5.86. The van der Waals surface area contributed by atoms with E-state index in [1.807, 2.05) is 0 Å². The first-order chi connectivity index (χ1) is 16.7. The van der Waals surface area contributed by atoms with Crippen molar-refractivity contribution in [2.75, 3.05) is 0 Å². The summed E-state index contributed by atoms with van der Waals surface area (Å²) >= 11 is 6.34. The third kappa shape index (κ3) is 5.40. The Balaban J connectivity index is 1.72. The van der Waals surface area contributed by atoms with Gasteiger partial charge >= 0.3 is 12.3 Å². The van der Waals surface area contributed by atoms with Crippen molar-refractivity contribution in [1.82, 2.24) is 19.5 Å². The highest BCUT2D eigenvalue weighted by Crippen LogP contribution is 2.40. The minimum atomic E-state index is -4.26. The molecule has 36 heavy (non-hydrogen) atoms. The smallest absolute Gasteiger partial charge is 0.419 e. The lowest BCUT2D eigenvalue weighted by atomic mass is 9.87. The van der Waals surface area contributed by atoms with Crippen LogP contribution >= 0.6 is 11.6 Å². The van der Waals surface area contributed by atoms with Gasteiger partial charge in [0, 0.05) is 23.3 Å². The number of rotatable bonds is 3. The van der Waals surface area contributed by atoms with Crippen LogP contribution in [-0.4, -0.2) is 43.5 Å². The molecule has 194 valence electrons. The number of nitrogens with zero attached hydrogens (tertiary/aromatic N) is 4. The van der Waals surface area contributed by atoms with Crippen molar-refractivity contribution in [2.45, 2.75) is 71.3 Å². The highest BCUT2D eigenvalue weighted by molar-refractivity contribution is 6.35. The van der Waals surface area contributed by atoms with Gasteiger partial charge < -0.3 is 9.47 Å². The van der Waals surface area contributed by atoms with Crippen LogP contribution in [0.1, 0.15) is 52.3 Å². The highest BCUT2D eigenvalue weighted by atomic mass is 35.5. The van der Waals surface area contributed by atoms with Crippen LogP contribution in [0.2, 0.25) is 5.15 Å². The molecule has 4 rings (SSSR count). The number of carbonyl (C=O) groups excluding carboxylic acids is 1. The molecule has 3 aromatic rings. The quantitative estimate of drug-likeness (QED) is 0.272. The van der Waals surface area contributed by atoms with E-state index in [0.717, 1.165) is 0 Å². The number of carbonyl (C=O) groups is 1. The molecule has 0 N–H and O–H groups in total. The molecule has 0 amide bonds. The summed E-state index contributed by atoms with van der Waals surface area (Å²) in [5.74, 6) is -2.50. The van der Waals surface area contributed by atoms with Crippen LogP contribution in [0.25, 0.3) is 22.2 Å². The van der Waals surface area contributed by atoms with E-state index in [-0.39, 0.29) is 59.2 Å². The van der Waals surface area contributed by atoms with Crippen LogP contribution in [-0.2, 0) is 4.74 Å². The van der Waals surface area contributed by atoms with Crippen LogP contribution in [0.4, 0.5) is 22.4 Å². The molecule has 1 aliphatic carbocycles. The highest BCUT2D eigenvalue weighted by Gasteiger charge is 2.42. The van der Waals surface area contributed by atoms with Crippen LogP contribution < -0.4 is 4.74 Å². The number of hydrogen-bond donors (Lipinski definition) is 0. The fourth-order valence-electron chi connectivity index (χ4n) is 4.24. The number of aryl methyl sites for hydroxylation is 1. The summed E-state index contributed by atoms with van der Waals surface area (Å²) in [5.41, 5.74) is -0.456. The standard InChI is InChI=1S/C24H25ClF4N4O3/c1-12-31-19(18(26)21(32-12)35-14-7-5-13(6-8-14)24(27,28)29)15-11-33(22(34)36-23(2,3)4)16-9-10-30-20(25)17(15)16/h9-11,13-14H,5-8H2,1-4H3. The number of alkyl halides is 3. The van der Waals surface area contributed by atoms with Crippen molar-refractivity contribution >= 4 is 28.6 Å². The summed E-state index contributed by atoms with van der Waals surface area (Å²) in [6.45, 7) is 6.67. The van der Waals surface area contributed by atoms with Gasteiger partial charge in [-0.3, -0.25) is 4.57 Å². The molecule has 1 saturated carbocycles. The summed E-state index contributed by atoms with van der Waals surface area (Å²) in [6.07, 6.45) is -2.78. The Hall–Kier alpha value is -2.95. The van der Waals surface area contributed by atoms with E-state index in [9.17, 15) is 18.0 Å². The molecule has 7 nitrogen and oxygen atoms in total. The zero-order valence-electron chi connectivity index (χ0n) is 20.1. The average Bonchev–Trinajstić information content (AvgIpc) is 3.16. The van der Waals surface area contributed by atoms with Gasteiger partial charge in [-0.25, -0.2) is 14.8 Å². The predicted molar refractivity (Wildman–Crippen MR) is 125 cm³/mol. The normalized spacial score (nSPS) is 18.9. The van der Waals surface area contributed by atoms with Gasteiger partial charge in [0.2, 0.25) is 5.82 Å². The number of hydrogen-bond acceptors (Lipinski definition) is 6. The Morgan fingerprint density at radius 3 is 2.42 bits per heavy atom. The van der Waals surface area contributed by atoms with Gasteiger partial charge in [-0.1, -0.05) is 11.6 Å². The van der Waals surface area contributed by atoms with Gasteiger partial charge in [0.1, 0.15) is 28.4 Å². The van der Waals surface area contributed by atoms with Gasteiger partial charge in [0.15, 0.2) is 0 Å². The van der Waals surface area contributed by atoms with E-state index in [2.05, 4.69) is 15.0 Å². The van der Waals surface area contributed by atoms with Gasteiger partial charge in [-0.15, -0.1) is 0 Å². The Labute approximate surface area is 209 Å². The fourth-order valence-corrected chi connectivity index (χ4v) is 4.49. The molecule has 0 radical (unpaired) electrons. The molecule has 1 aliphatic rings. The largest absolute Gasteiger partial charge is 0.472 e. The summed E-state index contributed by atoms with van der Waals surface area (Å²) in [4.78, 5) is 25.2. The van der Waals surface area contributed by atoms with Gasteiger partial charge in [0.05, 0.1) is 11.4 Å². The Morgan fingerprint density at radius 2 is 1.81 bits per heavy atom. The molecule has 0 aliphatic heterocycles. The maximum Gasteiger partial charge on any atom is 0.419 e. The topological polar surface area (TPSA) is 79.1 Å². The van der Waals surface area contributed by atoms with E-state index in [0.29, 0.717) is 5.52 Å². The fraction of sp³-hybridized carbons (Fsp3) is 0.500. The average molecular weight is 529 g/mol. The van der Waals surface area contributed by atoms with Crippen molar-refractivity contribution < 1.29 is 31.8 Å². The number of aromatic nitrogens is 4. The Bertz CT molecular complexity index is 1300. The van der Waals surface area contributed by atoms with Crippen LogP contribution in [0.3, 0.4) is 0 Å². The molecule has 12 heteroatoms. The number of ether oxygens (including phenoxy) is 2. The van der Waals surface area contributed by atoms with Crippen molar-refractivity contribution in [3.05, 3.63) is 35.3 Å². The van der Waals surface area contributed by atoms with E-state index in [1.165, 1.54) is 30.0 Å². The summed E-state index contributed by atoms with van der Waals surface area (Å²) in [5, 5.41) is 0.298. The van der Waals surface area contributed by atoms with Gasteiger partial charge in [-0.05, 0) is 59.4 Å². The molecule has 0 bridgehead atoms.